The van der Waals surface area contributed by atoms with E-state index in [1.54, 1.807) is 0 Å². The first kappa shape index (κ1) is 15.0. The van der Waals surface area contributed by atoms with Crippen LogP contribution in [0, 0.1) is 0 Å². The largest absolute Gasteiger partial charge is 0.492 e. The van der Waals surface area contributed by atoms with Gasteiger partial charge >= 0.3 is 0 Å². The van der Waals surface area contributed by atoms with Crippen LogP contribution < -0.4 is 10.5 Å². The lowest BCUT2D eigenvalue weighted by atomic mass is 10.2. The monoisotopic (exact) mass is 252 g/mol. The van der Waals surface area contributed by atoms with Gasteiger partial charge in [-0.1, -0.05) is 19.1 Å². The van der Waals surface area contributed by atoms with Gasteiger partial charge in [0.15, 0.2) is 0 Å². The minimum absolute atomic E-state index is 0.197. The van der Waals surface area contributed by atoms with E-state index in [0.29, 0.717) is 19.7 Å². The van der Waals surface area contributed by atoms with Crippen molar-refractivity contribution >= 4 is 0 Å². The number of hydrogen-bond acceptors (Lipinski definition) is 4. The first-order chi connectivity index (χ1) is 8.80. The number of nitrogens with zero attached hydrogens (tertiary/aromatic N) is 1. The molecule has 0 aliphatic heterocycles. The fourth-order valence-corrected chi connectivity index (χ4v) is 1.85. The lowest BCUT2D eigenvalue weighted by molar-refractivity contribution is 0.168. The molecular formula is C14H24N2O2. The zero-order valence-electron chi connectivity index (χ0n) is 11.1. The molecule has 3 N–H and O–H groups in total. The topological polar surface area (TPSA) is 58.7 Å². The molecule has 0 bridgehead atoms. The number of aliphatic hydroxyl groups excluding tert-OH is 1. The van der Waals surface area contributed by atoms with Crippen molar-refractivity contribution < 1.29 is 9.84 Å². The highest BCUT2D eigenvalue weighted by atomic mass is 16.5. The number of hydrogen-bond donors (Lipinski definition) is 2. The van der Waals surface area contributed by atoms with Crippen molar-refractivity contribution in [3.8, 4) is 5.75 Å². The number of ether oxygens (including phenoxy) is 1. The molecule has 1 aromatic carbocycles. The summed E-state index contributed by atoms with van der Waals surface area (Å²) in [6.45, 7) is 6.03. The van der Waals surface area contributed by atoms with Crippen LogP contribution in [0.5, 0.6) is 5.75 Å². The summed E-state index contributed by atoms with van der Waals surface area (Å²) >= 11 is 0. The minimum atomic E-state index is 0.197. The maximum Gasteiger partial charge on any atom is 0.119 e. The van der Waals surface area contributed by atoms with E-state index in [1.165, 1.54) is 0 Å². The average molecular weight is 252 g/mol. The Hall–Kier alpha value is -1.10. The summed E-state index contributed by atoms with van der Waals surface area (Å²) in [7, 11) is 0. The Morgan fingerprint density at radius 2 is 2.11 bits per heavy atom. The van der Waals surface area contributed by atoms with Crippen LogP contribution in [0.15, 0.2) is 24.3 Å². The molecule has 0 aromatic heterocycles. The number of rotatable bonds is 9. The van der Waals surface area contributed by atoms with Gasteiger partial charge in [0.2, 0.25) is 0 Å². The van der Waals surface area contributed by atoms with Gasteiger partial charge in [0, 0.05) is 19.6 Å². The second-order valence-corrected chi connectivity index (χ2v) is 4.27. The van der Waals surface area contributed by atoms with Gasteiger partial charge in [-0.3, -0.25) is 4.90 Å². The minimum Gasteiger partial charge on any atom is -0.492 e. The molecule has 0 unspecified atom stereocenters. The summed E-state index contributed by atoms with van der Waals surface area (Å²) < 4.78 is 5.69. The summed E-state index contributed by atoms with van der Waals surface area (Å²) in [4.78, 5) is 2.20. The van der Waals surface area contributed by atoms with Gasteiger partial charge in [-0.2, -0.15) is 0 Å². The average Bonchev–Trinajstić information content (AvgIpc) is 2.39. The fraction of sp³-hybridized carbons (Fsp3) is 0.571. The Kier molecular flexibility index (Phi) is 7.41. The van der Waals surface area contributed by atoms with Crippen LogP contribution in [0.3, 0.4) is 0 Å². The lowest BCUT2D eigenvalue weighted by Crippen LogP contribution is -2.31. The van der Waals surface area contributed by atoms with Gasteiger partial charge in [0.05, 0.1) is 6.61 Å². The maximum atomic E-state index is 8.95. The molecule has 18 heavy (non-hydrogen) atoms. The molecule has 0 saturated carbocycles. The van der Waals surface area contributed by atoms with E-state index < -0.39 is 0 Å². The highest BCUT2D eigenvalue weighted by Crippen LogP contribution is 2.12. The van der Waals surface area contributed by atoms with Crippen molar-refractivity contribution in [3.05, 3.63) is 29.8 Å². The van der Waals surface area contributed by atoms with Gasteiger partial charge in [-0.15, -0.1) is 0 Å². The Morgan fingerprint density at radius 1 is 1.28 bits per heavy atom. The summed E-state index contributed by atoms with van der Waals surface area (Å²) in [5.41, 5.74) is 6.66. The standard InChI is InChI=1S/C14H24N2O2/c1-2-6-16(7-9-17)8-10-18-14-5-3-4-13(11-14)12-15/h3-5,11,17H,2,6-10,12,15H2,1H3. The van der Waals surface area contributed by atoms with E-state index in [2.05, 4.69) is 11.8 Å². The SMILES string of the molecule is CCCN(CCO)CCOc1cccc(CN)c1. The Morgan fingerprint density at radius 3 is 2.78 bits per heavy atom. The van der Waals surface area contributed by atoms with Gasteiger partial charge in [0.1, 0.15) is 12.4 Å². The second kappa shape index (κ2) is 8.91. The highest BCUT2D eigenvalue weighted by molar-refractivity contribution is 5.28. The van der Waals surface area contributed by atoms with Crippen molar-refractivity contribution in [3.63, 3.8) is 0 Å². The Labute approximate surface area is 109 Å². The highest BCUT2D eigenvalue weighted by Gasteiger charge is 2.03. The van der Waals surface area contributed by atoms with E-state index in [1.807, 2.05) is 24.3 Å². The first-order valence-electron chi connectivity index (χ1n) is 6.55. The molecule has 0 spiro atoms. The van der Waals surface area contributed by atoms with Crippen LogP contribution in [0.1, 0.15) is 18.9 Å². The molecule has 0 fully saturated rings. The normalized spacial score (nSPS) is 10.9. The molecule has 0 aliphatic rings. The number of nitrogens with two attached hydrogens (primary N) is 1. The van der Waals surface area contributed by atoms with Crippen LogP contribution in [-0.4, -0.2) is 42.9 Å². The fourth-order valence-electron chi connectivity index (χ4n) is 1.85. The van der Waals surface area contributed by atoms with Crippen molar-refractivity contribution in [2.45, 2.75) is 19.9 Å². The third-order valence-electron chi connectivity index (χ3n) is 2.77. The third kappa shape index (κ3) is 5.49. The molecular weight excluding hydrogens is 228 g/mol. The van der Waals surface area contributed by atoms with Crippen molar-refractivity contribution in [2.24, 2.45) is 5.73 Å². The van der Waals surface area contributed by atoms with Crippen molar-refractivity contribution in [1.82, 2.24) is 4.90 Å². The molecule has 0 saturated heterocycles. The van der Waals surface area contributed by atoms with Gasteiger partial charge in [0.25, 0.3) is 0 Å². The molecule has 0 aliphatic carbocycles. The molecule has 0 amide bonds. The van der Waals surface area contributed by atoms with E-state index in [0.717, 1.165) is 30.8 Å². The van der Waals surface area contributed by atoms with Gasteiger partial charge in [-0.25, -0.2) is 0 Å². The molecule has 1 rings (SSSR count). The van der Waals surface area contributed by atoms with Crippen LogP contribution >= 0.6 is 0 Å². The van der Waals surface area contributed by atoms with Crippen molar-refractivity contribution in [1.29, 1.82) is 0 Å². The maximum absolute atomic E-state index is 8.95. The molecule has 1 aromatic rings. The van der Waals surface area contributed by atoms with E-state index in [-0.39, 0.29) is 6.61 Å². The first-order valence-corrected chi connectivity index (χ1v) is 6.55. The smallest absolute Gasteiger partial charge is 0.119 e. The zero-order valence-corrected chi connectivity index (χ0v) is 11.1. The van der Waals surface area contributed by atoms with Crippen LogP contribution in [0.4, 0.5) is 0 Å². The number of aliphatic hydroxyl groups is 1. The summed E-state index contributed by atoms with van der Waals surface area (Å²) in [5.74, 6) is 0.860. The molecule has 0 radical (unpaired) electrons. The Balaban J connectivity index is 2.34. The second-order valence-electron chi connectivity index (χ2n) is 4.27. The molecule has 4 nitrogen and oxygen atoms in total. The summed E-state index contributed by atoms with van der Waals surface area (Å²) in [5, 5.41) is 8.95. The van der Waals surface area contributed by atoms with Crippen molar-refractivity contribution in [2.75, 3.05) is 32.8 Å². The van der Waals surface area contributed by atoms with E-state index in [4.69, 9.17) is 15.6 Å². The third-order valence-corrected chi connectivity index (χ3v) is 2.77. The van der Waals surface area contributed by atoms with E-state index >= 15 is 0 Å². The predicted molar refractivity (Wildman–Crippen MR) is 73.6 cm³/mol. The summed E-state index contributed by atoms with van der Waals surface area (Å²) in [6.07, 6.45) is 1.09. The quantitative estimate of drug-likeness (QED) is 0.694. The molecule has 4 heteroatoms. The summed E-state index contributed by atoms with van der Waals surface area (Å²) in [6, 6.07) is 7.85. The van der Waals surface area contributed by atoms with Crippen LogP contribution in [0.2, 0.25) is 0 Å². The zero-order chi connectivity index (χ0) is 13.2. The predicted octanol–water partition coefficient (Wildman–Crippen LogP) is 1.23. The molecule has 0 atom stereocenters. The molecule has 102 valence electrons. The van der Waals surface area contributed by atoms with Gasteiger partial charge in [-0.05, 0) is 30.7 Å². The van der Waals surface area contributed by atoms with Crippen LogP contribution in [-0.2, 0) is 6.54 Å². The Bertz CT molecular complexity index is 325. The number of benzene rings is 1. The van der Waals surface area contributed by atoms with Crippen LogP contribution in [0.25, 0.3) is 0 Å². The lowest BCUT2D eigenvalue weighted by Gasteiger charge is -2.20. The molecule has 0 heterocycles. The van der Waals surface area contributed by atoms with Gasteiger partial charge < -0.3 is 15.6 Å². The van der Waals surface area contributed by atoms with E-state index in [9.17, 15) is 0 Å².